The molecule has 0 spiro atoms. The first-order valence-corrected chi connectivity index (χ1v) is 6.23. The summed E-state index contributed by atoms with van der Waals surface area (Å²) in [5, 5.41) is 16.0. The van der Waals surface area contributed by atoms with E-state index in [9.17, 15) is 4.79 Å². The second kappa shape index (κ2) is 4.80. The normalized spacial score (nSPS) is 16.6. The molecule has 0 aliphatic carbocycles. The summed E-state index contributed by atoms with van der Waals surface area (Å²) in [6.07, 6.45) is 3.67. The number of nitrogens with zero attached hydrogens (tertiary/aromatic N) is 2. The fourth-order valence-corrected chi connectivity index (χ4v) is 2.36. The first kappa shape index (κ1) is 12.4. The van der Waals surface area contributed by atoms with E-state index in [1.807, 2.05) is 24.3 Å². The minimum absolute atomic E-state index is 0.0199. The Morgan fingerprint density at radius 1 is 1.50 bits per heavy atom. The Kier molecular flexibility index (Phi) is 2.98. The third-order valence-electron chi connectivity index (χ3n) is 3.21. The van der Waals surface area contributed by atoms with Gasteiger partial charge in [-0.25, -0.2) is 0 Å². The van der Waals surface area contributed by atoms with Gasteiger partial charge in [0.1, 0.15) is 0 Å². The third kappa shape index (κ3) is 2.16. The van der Waals surface area contributed by atoms with Crippen molar-refractivity contribution in [2.75, 3.05) is 0 Å². The molecule has 3 rings (SSSR count). The van der Waals surface area contributed by atoms with Crippen LogP contribution in [0.15, 0.2) is 28.9 Å². The number of benzene rings is 1. The van der Waals surface area contributed by atoms with E-state index in [1.165, 1.54) is 0 Å². The smallest absolute Gasteiger partial charge is 0.305 e. The number of nitrogens with one attached hydrogen (secondary N) is 1. The molecule has 0 radical (unpaired) electrons. The van der Waals surface area contributed by atoms with Crippen LogP contribution in [0.4, 0.5) is 0 Å². The molecular weight excluding hydrogens is 258 g/mol. The van der Waals surface area contributed by atoms with Crippen molar-refractivity contribution in [2.24, 2.45) is 0 Å². The van der Waals surface area contributed by atoms with E-state index in [4.69, 9.17) is 9.63 Å². The van der Waals surface area contributed by atoms with Crippen LogP contribution in [0.2, 0.25) is 0 Å². The number of hydrogen-bond acceptors (Lipinski definition) is 5. The summed E-state index contributed by atoms with van der Waals surface area (Å²) < 4.78 is 5.01. The molecule has 2 heterocycles. The predicted molar refractivity (Wildman–Crippen MR) is 71.6 cm³/mol. The second-order valence-corrected chi connectivity index (χ2v) is 4.60. The molecule has 1 aliphatic rings. The first-order valence-electron chi connectivity index (χ1n) is 6.23. The molecule has 0 fully saturated rings. The Hall–Kier alpha value is -2.63. The highest BCUT2D eigenvalue weighted by molar-refractivity contribution is 5.76. The van der Waals surface area contributed by atoms with Crippen LogP contribution in [0.5, 0.6) is 0 Å². The zero-order valence-corrected chi connectivity index (χ0v) is 10.8. The van der Waals surface area contributed by atoms with Crippen molar-refractivity contribution in [3.8, 4) is 11.4 Å². The van der Waals surface area contributed by atoms with Gasteiger partial charge in [0.15, 0.2) is 0 Å². The van der Waals surface area contributed by atoms with Crippen LogP contribution < -0.4 is 5.32 Å². The Morgan fingerprint density at radius 2 is 2.35 bits per heavy atom. The molecule has 0 bridgehead atoms. The molecule has 2 N–H and O–H groups in total. The monoisotopic (exact) mass is 271 g/mol. The zero-order valence-electron chi connectivity index (χ0n) is 10.8. The van der Waals surface area contributed by atoms with Gasteiger partial charge >= 0.3 is 5.97 Å². The van der Waals surface area contributed by atoms with Gasteiger partial charge in [-0.15, -0.1) is 0 Å². The summed E-state index contributed by atoms with van der Waals surface area (Å²) >= 11 is 0. The molecule has 1 atom stereocenters. The van der Waals surface area contributed by atoms with E-state index in [-0.39, 0.29) is 12.5 Å². The molecule has 1 aromatic heterocycles. The van der Waals surface area contributed by atoms with Crippen LogP contribution >= 0.6 is 0 Å². The molecule has 2 aromatic rings. The van der Waals surface area contributed by atoms with Gasteiger partial charge in [-0.3, -0.25) is 4.79 Å². The van der Waals surface area contributed by atoms with Crippen molar-refractivity contribution in [3.63, 3.8) is 0 Å². The topological polar surface area (TPSA) is 88.2 Å². The number of hydrogen-bond donors (Lipinski definition) is 2. The van der Waals surface area contributed by atoms with Crippen molar-refractivity contribution >= 4 is 12.0 Å². The lowest BCUT2D eigenvalue weighted by atomic mass is 9.91. The molecule has 6 heteroatoms. The highest BCUT2D eigenvalue weighted by atomic mass is 16.5. The summed E-state index contributed by atoms with van der Waals surface area (Å²) in [5.41, 5.74) is 2.70. The minimum Gasteiger partial charge on any atom is -0.481 e. The van der Waals surface area contributed by atoms with Crippen molar-refractivity contribution in [2.45, 2.75) is 19.4 Å². The SMILES string of the molecule is Cc1nc(-c2cccc3c2C=CNC3CC(=O)O)no1. The molecular formula is C14H13N3O3. The zero-order chi connectivity index (χ0) is 14.1. The Morgan fingerprint density at radius 3 is 3.05 bits per heavy atom. The summed E-state index contributed by atoms with van der Waals surface area (Å²) in [5.74, 6) is 0.169. The van der Waals surface area contributed by atoms with Crippen LogP contribution in [0.1, 0.15) is 29.5 Å². The molecule has 102 valence electrons. The number of rotatable bonds is 3. The summed E-state index contributed by atoms with van der Waals surface area (Å²) in [6.45, 7) is 1.73. The lowest BCUT2D eigenvalue weighted by Crippen LogP contribution is -2.22. The summed E-state index contributed by atoms with van der Waals surface area (Å²) in [4.78, 5) is 15.2. The van der Waals surface area contributed by atoms with Crippen molar-refractivity contribution in [1.29, 1.82) is 0 Å². The molecule has 20 heavy (non-hydrogen) atoms. The van der Waals surface area contributed by atoms with Crippen LogP contribution in [0.3, 0.4) is 0 Å². The van der Waals surface area contributed by atoms with Gasteiger partial charge in [-0.05, 0) is 23.4 Å². The van der Waals surface area contributed by atoms with Gasteiger partial charge in [0.05, 0.1) is 12.5 Å². The van der Waals surface area contributed by atoms with E-state index < -0.39 is 5.97 Å². The Bertz CT molecular complexity index is 691. The molecule has 0 amide bonds. The van der Waals surface area contributed by atoms with Gasteiger partial charge in [-0.2, -0.15) is 4.98 Å². The van der Waals surface area contributed by atoms with Gasteiger partial charge in [-0.1, -0.05) is 23.4 Å². The number of aliphatic carboxylic acids is 1. The minimum atomic E-state index is -0.843. The molecule has 0 saturated heterocycles. The van der Waals surface area contributed by atoms with Crippen molar-refractivity contribution in [1.82, 2.24) is 15.5 Å². The standard InChI is InChI=1S/C14H13N3O3/c1-8-16-14(17-20-8)11-4-2-3-10-9(11)5-6-15-12(10)7-13(18)19/h2-6,12,15H,7H2,1H3,(H,18,19). The lowest BCUT2D eigenvalue weighted by Gasteiger charge is -2.23. The van der Waals surface area contributed by atoms with Crippen molar-refractivity contribution in [3.05, 3.63) is 41.4 Å². The van der Waals surface area contributed by atoms with Gasteiger partial charge in [0.2, 0.25) is 11.7 Å². The molecule has 1 unspecified atom stereocenters. The van der Waals surface area contributed by atoms with Crippen LogP contribution in [0.25, 0.3) is 17.5 Å². The average Bonchev–Trinajstić information content (AvgIpc) is 2.84. The number of aryl methyl sites for hydroxylation is 1. The Labute approximate surface area is 115 Å². The Balaban J connectivity index is 2.08. The summed E-state index contributed by atoms with van der Waals surface area (Å²) in [7, 11) is 0. The third-order valence-corrected chi connectivity index (χ3v) is 3.21. The van der Waals surface area contributed by atoms with E-state index >= 15 is 0 Å². The maximum atomic E-state index is 10.9. The number of carbonyl (C=O) groups is 1. The number of fused-ring (bicyclic) bond motifs is 1. The molecule has 6 nitrogen and oxygen atoms in total. The maximum Gasteiger partial charge on any atom is 0.305 e. The van der Waals surface area contributed by atoms with Gasteiger partial charge in [0, 0.05) is 12.5 Å². The van der Waals surface area contributed by atoms with Gasteiger partial charge < -0.3 is 14.9 Å². The summed E-state index contributed by atoms with van der Waals surface area (Å²) in [6, 6.07) is 5.43. The maximum absolute atomic E-state index is 10.9. The van der Waals surface area contributed by atoms with E-state index in [1.54, 1.807) is 13.1 Å². The van der Waals surface area contributed by atoms with E-state index in [0.29, 0.717) is 11.7 Å². The van der Waals surface area contributed by atoms with E-state index in [2.05, 4.69) is 15.5 Å². The van der Waals surface area contributed by atoms with E-state index in [0.717, 1.165) is 16.7 Å². The largest absolute Gasteiger partial charge is 0.481 e. The number of carboxylic acid groups (broad SMARTS) is 1. The van der Waals surface area contributed by atoms with Crippen molar-refractivity contribution < 1.29 is 14.4 Å². The molecule has 0 saturated carbocycles. The predicted octanol–water partition coefficient (Wildman–Crippen LogP) is 2.13. The molecule has 1 aliphatic heterocycles. The average molecular weight is 271 g/mol. The highest BCUT2D eigenvalue weighted by Crippen LogP contribution is 2.32. The second-order valence-electron chi connectivity index (χ2n) is 4.60. The lowest BCUT2D eigenvalue weighted by molar-refractivity contribution is -0.137. The first-order chi connectivity index (χ1) is 9.65. The fraction of sp³-hybridized carbons (Fsp3) is 0.214. The quantitative estimate of drug-likeness (QED) is 0.889. The van der Waals surface area contributed by atoms with Gasteiger partial charge in [0.25, 0.3) is 0 Å². The number of aromatic nitrogens is 2. The van der Waals surface area contributed by atoms with Crippen LogP contribution in [-0.2, 0) is 4.79 Å². The van der Waals surface area contributed by atoms with Crippen LogP contribution in [-0.4, -0.2) is 21.2 Å². The molecule has 1 aromatic carbocycles. The fourth-order valence-electron chi connectivity index (χ4n) is 2.36. The number of carboxylic acids is 1. The highest BCUT2D eigenvalue weighted by Gasteiger charge is 2.22. The van der Waals surface area contributed by atoms with Crippen LogP contribution in [0, 0.1) is 6.92 Å².